The summed E-state index contributed by atoms with van der Waals surface area (Å²) in [5.41, 5.74) is 3.42. The number of hydrogen-bond acceptors (Lipinski definition) is 1. The van der Waals surface area contributed by atoms with Crippen molar-refractivity contribution in [2.75, 3.05) is 6.54 Å². The molecule has 0 bridgehead atoms. The van der Waals surface area contributed by atoms with E-state index in [0.717, 1.165) is 24.3 Å². The zero-order valence-corrected chi connectivity index (χ0v) is 16.2. The molecule has 0 unspecified atom stereocenters. The SMILES string of the molecule is Cc1cc[c-]cc1.[Y].c1ccc([N-]CCc2ccccn2)cc1. The van der Waals surface area contributed by atoms with Gasteiger partial charge in [0.05, 0.1) is 0 Å². The molecule has 0 amide bonds. The summed E-state index contributed by atoms with van der Waals surface area (Å²) in [5.74, 6) is 0. The normalized spacial score (nSPS) is 9.09. The van der Waals surface area contributed by atoms with Crippen molar-refractivity contribution in [3.63, 3.8) is 0 Å². The summed E-state index contributed by atoms with van der Waals surface area (Å²) in [4.78, 5) is 4.25. The fourth-order valence-corrected chi connectivity index (χ4v) is 1.85. The Morgan fingerprint density at radius 2 is 1.61 bits per heavy atom. The van der Waals surface area contributed by atoms with E-state index in [0.29, 0.717) is 0 Å². The van der Waals surface area contributed by atoms with E-state index in [1.165, 1.54) is 5.56 Å². The van der Waals surface area contributed by atoms with Crippen LogP contribution in [0, 0.1) is 13.0 Å². The molecule has 0 fully saturated rings. The van der Waals surface area contributed by atoms with Gasteiger partial charge < -0.3 is 5.32 Å². The smallest absolute Gasteiger partial charge is 0.0388 e. The molecule has 1 heterocycles. The second-order valence-electron chi connectivity index (χ2n) is 4.87. The number of rotatable bonds is 4. The van der Waals surface area contributed by atoms with Gasteiger partial charge in [0.1, 0.15) is 0 Å². The minimum absolute atomic E-state index is 0. The molecule has 0 aliphatic carbocycles. The van der Waals surface area contributed by atoms with E-state index in [1.54, 1.807) is 0 Å². The third-order valence-electron chi connectivity index (χ3n) is 3.03. The van der Waals surface area contributed by atoms with Crippen LogP contribution >= 0.6 is 0 Å². The molecule has 3 rings (SSSR count). The molecule has 0 aliphatic rings. The molecule has 0 saturated heterocycles. The van der Waals surface area contributed by atoms with Crippen LogP contribution in [-0.2, 0) is 39.1 Å². The van der Waals surface area contributed by atoms with Crippen molar-refractivity contribution < 1.29 is 32.7 Å². The number of aromatic nitrogens is 1. The maximum atomic E-state index is 4.46. The summed E-state index contributed by atoms with van der Waals surface area (Å²) in [6.45, 7) is 2.86. The van der Waals surface area contributed by atoms with Gasteiger partial charge >= 0.3 is 0 Å². The Kier molecular flexibility index (Phi) is 10.2. The minimum atomic E-state index is 0. The van der Waals surface area contributed by atoms with Crippen molar-refractivity contribution in [3.8, 4) is 0 Å². The molecule has 3 aromatic rings. The van der Waals surface area contributed by atoms with Gasteiger partial charge in [-0.2, -0.15) is 35.9 Å². The van der Waals surface area contributed by atoms with Crippen LogP contribution in [-0.4, -0.2) is 11.5 Å². The Morgan fingerprint density at radius 3 is 2.17 bits per heavy atom. The van der Waals surface area contributed by atoms with Gasteiger partial charge in [0, 0.05) is 44.6 Å². The van der Waals surface area contributed by atoms with E-state index in [-0.39, 0.29) is 32.7 Å². The topological polar surface area (TPSA) is 27.0 Å². The largest absolute Gasteiger partial charge is 0.684 e. The van der Waals surface area contributed by atoms with E-state index < -0.39 is 0 Å². The van der Waals surface area contributed by atoms with Crippen molar-refractivity contribution in [3.05, 3.63) is 102 Å². The summed E-state index contributed by atoms with van der Waals surface area (Å²) in [6.07, 6.45) is 2.72. The zero-order chi connectivity index (χ0) is 15.5. The second kappa shape index (κ2) is 12.0. The summed E-state index contributed by atoms with van der Waals surface area (Å²) in [6, 6.07) is 26.8. The van der Waals surface area contributed by atoms with Gasteiger partial charge in [0.2, 0.25) is 0 Å². The summed E-state index contributed by atoms with van der Waals surface area (Å²) >= 11 is 0. The molecule has 1 radical (unpaired) electrons. The van der Waals surface area contributed by atoms with Crippen LogP contribution in [0.2, 0.25) is 0 Å². The van der Waals surface area contributed by atoms with E-state index in [4.69, 9.17) is 0 Å². The number of aryl methyl sites for hydroxylation is 1. The Labute approximate surface area is 164 Å². The van der Waals surface area contributed by atoms with Crippen molar-refractivity contribution in [2.45, 2.75) is 13.3 Å². The van der Waals surface area contributed by atoms with E-state index in [2.05, 4.69) is 23.3 Å². The number of nitrogens with zero attached hydrogens (tertiary/aromatic N) is 2. The molecule has 0 spiro atoms. The van der Waals surface area contributed by atoms with Crippen LogP contribution in [0.15, 0.2) is 79.0 Å². The molecule has 0 atom stereocenters. The minimum Gasteiger partial charge on any atom is -0.684 e. The van der Waals surface area contributed by atoms with Crippen molar-refractivity contribution >= 4 is 5.69 Å². The van der Waals surface area contributed by atoms with Gasteiger partial charge in [-0.15, -0.1) is 12.2 Å². The van der Waals surface area contributed by atoms with Crippen LogP contribution in [0.25, 0.3) is 5.32 Å². The predicted octanol–water partition coefficient (Wildman–Crippen LogP) is 5.12. The van der Waals surface area contributed by atoms with Crippen LogP contribution in [0.5, 0.6) is 0 Å². The van der Waals surface area contributed by atoms with Crippen LogP contribution in [0.4, 0.5) is 5.69 Å². The first-order valence-corrected chi connectivity index (χ1v) is 7.40. The van der Waals surface area contributed by atoms with Gasteiger partial charge in [-0.1, -0.05) is 43.3 Å². The molecule has 2 nitrogen and oxygen atoms in total. The van der Waals surface area contributed by atoms with Gasteiger partial charge in [-0.25, -0.2) is 0 Å². The molecule has 3 heteroatoms. The Hall–Kier alpha value is -1.51. The van der Waals surface area contributed by atoms with Crippen LogP contribution in [0.1, 0.15) is 11.3 Å². The summed E-state index contributed by atoms with van der Waals surface area (Å²) in [5, 5.41) is 4.46. The van der Waals surface area contributed by atoms with Gasteiger partial charge in [0.15, 0.2) is 0 Å². The summed E-state index contributed by atoms with van der Waals surface area (Å²) in [7, 11) is 0. The third-order valence-corrected chi connectivity index (χ3v) is 3.03. The van der Waals surface area contributed by atoms with E-state index >= 15 is 0 Å². The molecule has 1 aromatic heterocycles. The fraction of sp³-hybridized carbons (Fsp3) is 0.150. The fourth-order valence-electron chi connectivity index (χ4n) is 1.85. The summed E-state index contributed by atoms with van der Waals surface area (Å²) < 4.78 is 0. The van der Waals surface area contributed by atoms with Crippen molar-refractivity contribution in [1.29, 1.82) is 0 Å². The molecule has 0 saturated carbocycles. The average molecular weight is 377 g/mol. The van der Waals surface area contributed by atoms with Crippen LogP contribution < -0.4 is 0 Å². The van der Waals surface area contributed by atoms with Gasteiger partial charge in [0.25, 0.3) is 0 Å². The first-order chi connectivity index (χ1) is 10.8. The quantitative estimate of drug-likeness (QED) is 0.580. The standard InChI is InChI=1S/C13H13N2.C7H7.Y/c1-2-6-12(7-3-1)15-11-9-13-8-4-5-10-14-13;1-7-5-3-2-4-6-7;/h1-8,10H,9,11H2;3-6H,1H3;/q2*-1;. The Balaban J connectivity index is 0.000000280. The van der Waals surface area contributed by atoms with Gasteiger partial charge in [-0.05, 0) is 18.6 Å². The maximum absolute atomic E-state index is 4.46. The third kappa shape index (κ3) is 8.63. The average Bonchev–Trinajstić information content (AvgIpc) is 2.58. The molecule has 0 aliphatic heterocycles. The molecular weight excluding hydrogens is 357 g/mol. The maximum Gasteiger partial charge on any atom is 0.0388 e. The predicted molar refractivity (Wildman–Crippen MR) is 92.3 cm³/mol. The zero-order valence-electron chi connectivity index (χ0n) is 13.4. The van der Waals surface area contributed by atoms with Crippen molar-refractivity contribution in [1.82, 2.24) is 4.98 Å². The number of para-hydroxylation sites is 1. The van der Waals surface area contributed by atoms with E-state index in [9.17, 15) is 0 Å². The number of benzene rings is 2. The molecule has 2 aromatic carbocycles. The van der Waals surface area contributed by atoms with Crippen LogP contribution in [0.3, 0.4) is 0 Å². The second-order valence-corrected chi connectivity index (χ2v) is 4.87. The van der Waals surface area contributed by atoms with Gasteiger partial charge in [-0.3, -0.25) is 4.98 Å². The van der Waals surface area contributed by atoms with E-state index in [1.807, 2.05) is 79.0 Å². The molecule has 0 N–H and O–H groups in total. The molecule has 23 heavy (non-hydrogen) atoms. The number of hydrogen-bond donors (Lipinski definition) is 0. The Bertz CT molecular complexity index is 588. The Morgan fingerprint density at radius 1 is 0.913 bits per heavy atom. The van der Waals surface area contributed by atoms with Crippen molar-refractivity contribution in [2.24, 2.45) is 0 Å². The number of pyridine rings is 1. The first-order valence-electron chi connectivity index (χ1n) is 7.40. The molecular formula is C20H20N2Y-2. The monoisotopic (exact) mass is 377 g/mol. The first kappa shape index (κ1) is 19.5. The molecule has 115 valence electrons.